The Morgan fingerprint density at radius 1 is 1.28 bits per heavy atom. The second kappa shape index (κ2) is 8.14. The molecule has 0 spiro atoms. The van der Waals surface area contributed by atoms with Gasteiger partial charge in [-0.2, -0.15) is 0 Å². The second-order valence-electron chi connectivity index (χ2n) is 3.37. The van der Waals surface area contributed by atoms with Crippen LogP contribution in [0.4, 0.5) is 0 Å². The van der Waals surface area contributed by atoms with Crippen molar-refractivity contribution >= 4 is 5.97 Å². The standard InChI is InChI=1S/C13H16O5/c1-16-12(9-14)13(15)18-8-7-17-10-11-5-3-2-4-6-11/h2-6,9,14H,7-8,10H2,1H3. The summed E-state index contributed by atoms with van der Waals surface area (Å²) in [5, 5.41) is 8.63. The third-order valence-electron chi connectivity index (χ3n) is 2.11. The quantitative estimate of drug-likeness (QED) is 0.347. The molecular weight excluding hydrogens is 236 g/mol. The normalized spacial score (nSPS) is 11.1. The van der Waals surface area contributed by atoms with Gasteiger partial charge in [0.25, 0.3) is 0 Å². The molecule has 1 aromatic carbocycles. The summed E-state index contributed by atoms with van der Waals surface area (Å²) in [5.41, 5.74) is 1.05. The zero-order chi connectivity index (χ0) is 13.2. The highest BCUT2D eigenvalue weighted by Gasteiger charge is 2.10. The molecule has 5 nitrogen and oxygen atoms in total. The van der Waals surface area contributed by atoms with Crippen molar-refractivity contribution in [1.82, 2.24) is 0 Å². The molecule has 1 rings (SSSR count). The van der Waals surface area contributed by atoms with Crippen LogP contribution in [-0.4, -0.2) is 31.4 Å². The predicted molar refractivity (Wildman–Crippen MR) is 64.8 cm³/mol. The van der Waals surface area contributed by atoms with Gasteiger partial charge in [0.05, 0.1) is 20.3 Å². The van der Waals surface area contributed by atoms with E-state index in [1.807, 2.05) is 30.3 Å². The maximum Gasteiger partial charge on any atom is 0.376 e. The molecule has 0 aliphatic heterocycles. The molecule has 0 atom stereocenters. The molecule has 0 saturated carbocycles. The van der Waals surface area contributed by atoms with Crippen molar-refractivity contribution in [1.29, 1.82) is 0 Å². The van der Waals surface area contributed by atoms with Crippen molar-refractivity contribution < 1.29 is 24.1 Å². The number of carbonyl (C=O) groups excluding carboxylic acids is 1. The SMILES string of the molecule is COC(=CO)C(=O)OCCOCc1ccccc1. The Morgan fingerprint density at radius 2 is 2.00 bits per heavy atom. The van der Waals surface area contributed by atoms with Crippen LogP contribution in [0.3, 0.4) is 0 Å². The first kappa shape index (κ1) is 14.1. The molecule has 0 aliphatic carbocycles. The lowest BCUT2D eigenvalue weighted by atomic mass is 10.2. The Labute approximate surface area is 106 Å². The third-order valence-corrected chi connectivity index (χ3v) is 2.11. The summed E-state index contributed by atoms with van der Waals surface area (Å²) in [4.78, 5) is 11.2. The molecule has 98 valence electrons. The van der Waals surface area contributed by atoms with Crippen molar-refractivity contribution in [2.45, 2.75) is 6.61 Å². The number of carbonyl (C=O) groups is 1. The van der Waals surface area contributed by atoms with E-state index in [1.165, 1.54) is 7.11 Å². The van der Waals surface area contributed by atoms with Gasteiger partial charge in [-0.3, -0.25) is 0 Å². The number of rotatable bonds is 7. The van der Waals surface area contributed by atoms with Crippen molar-refractivity contribution in [3.63, 3.8) is 0 Å². The molecule has 0 aromatic heterocycles. The largest absolute Gasteiger partial charge is 0.511 e. The first-order valence-electron chi connectivity index (χ1n) is 5.45. The van der Waals surface area contributed by atoms with Crippen LogP contribution in [0, 0.1) is 0 Å². The number of methoxy groups -OCH3 is 1. The maximum atomic E-state index is 11.2. The fourth-order valence-corrected chi connectivity index (χ4v) is 1.22. The molecule has 0 aliphatic rings. The molecule has 0 radical (unpaired) electrons. The van der Waals surface area contributed by atoms with Crippen LogP contribution >= 0.6 is 0 Å². The average molecular weight is 252 g/mol. The van der Waals surface area contributed by atoms with Crippen LogP contribution in [-0.2, 0) is 25.6 Å². The highest BCUT2D eigenvalue weighted by Crippen LogP contribution is 2.01. The number of esters is 1. The van der Waals surface area contributed by atoms with Crippen LogP contribution in [0.15, 0.2) is 42.4 Å². The second-order valence-corrected chi connectivity index (χ2v) is 3.37. The van der Waals surface area contributed by atoms with E-state index in [0.29, 0.717) is 12.9 Å². The van der Waals surface area contributed by atoms with Crippen molar-refractivity contribution in [2.75, 3.05) is 20.3 Å². The molecule has 1 aromatic rings. The number of aliphatic hydroxyl groups excluding tert-OH is 1. The Kier molecular flexibility index (Phi) is 6.35. The number of ether oxygens (including phenoxy) is 3. The van der Waals surface area contributed by atoms with Gasteiger partial charge in [0.2, 0.25) is 5.76 Å². The molecule has 0 unspecified atom stereocenters. The van der Waals surface area contributed by atoms with Gasteiger partial charge in [-0.1, -0.05) is 30.3 Å². The van der Waals surface area contributed by atoms with Crippen LogP contribution in [0.5, 0.6) is 0 Å². The van der Waals surface area contributed by atoms with Crippen LogP contribution in [0.2, 0.25) is 0 Å². The van der Waals surface area contributed by atoms with Crippen LogP contribution in [0.1, 0.15) is 5.56 Å². The molecule has 0 amide bonds. The van der Waals surface area contributed by atoms with Crippen molar-refractivity contribution in [3.05, 3.63) is 47.9 Å². The topological polar surface area (TPSA) is 65.0 Å². The third kappa shape index (κ3) is 4.88. The van der Waals surface area contributed by atoms with Gasteiger partial charge in [-0.25, -0.2) is 4.79 Å². The van der Waals surface area contributed by atoms with E-state index in [4.69, 9.17) is 14.6 Å². The fourth-order valence-electron chi connectivity index (χ4n) is 1.22. The molecule has 5 heteroatoms. The molecule has 0 heterocycles. The zero-order valence-electron chi connectivity index (χ0n) is 10.2. The average Bonchev–Trinajstić information content (AvgIpc) is 2.41. The summed E-state index contributed by atoms with van der Waals surface area (Å²) in [7, 11) is 1.27. The lowest BCUT2D eigenvalue weighted by Gasteiger charge is -2.07. The highest BCUT2D eigenvalue weighted by atomic mass is 16.6. The van der Waals surface area contributed by atoms with E-state index in [-0.39, 0.29) is 19.0 Å². The van der Waals surface area contributed by atoms with Crippen molar-refractivity contribution in [3.8, 4) is 0 Å². The van der Waals surface area contributed by atoms with E-state index in [1.54, 1.807) is 0 Å². The molecule has 0 saturated heterocycles. The Bertz CT molecular complexity index is 386. The summed E-state index contributed by atoms with van der Waals surface area (Å²) in [6.45, 7) is 0.848. The van der Waals surface area contributed by atoms with Gasteiger partial charge in [-0.05, 0) is 5.56 Å². The minimum Gasteiger partial charge on any atom is -0.511 e. The maximum absolute atomic E-state index is 11.2. The number of aliphatic hydroxyl groups is 1. The zero-order valence-corrected chi connectivity index (χ0v) is 10.2. The van der Waals surface area contributed by atoms with Crippen LogP contribution in [0.25, 0.3) is 0 Å². The van der Waals surface area contributed by atoms with Crippen LogP contribution < -0.4 is 0 Å². The summed E-state index contributed by atoms with van der Waals surface area (Å²) in [6.07, 6.45) is 0.563. The van der Waals surface area contributed by atoms with E-state index in [0.717, 1.165) is 5.56 Å². The van der Waals surface area contributed by atoms with Crippen molar-refractivity contribution in [2.24, 2.45) is 0 Å². The van der Waals surface area contributed by atoms with Gasteiger partial charge in [0, 0.05) is 0 Å². The van der Waals surface area contributed by atoms with E-state index in [2.05, 4.69) is 4.74 Å². The van der Waals surface area contributed by atoms with Gasteiger partial charge in [-0.15, -0.1) is 0 Å². The summed E-state index contributed by atoms with van der Waals surface area (Å²) in [5.74, 6) is -0.957. The smallest absolute Gasteiger partial charge is 0.376 e. The first-order chi connectivity index (χ1) is 8.77. The van der Waals surface area contributed by atoms with E-state index < -0.39 is 5.97 Å². The van der Waals surface area contributed by atoms with Gasteiger partial charge >= 0.3 is 5.97 Å². The number of benzene rings is 1. The van der Waals surface area contributed by atoms with Gasteiger partial charge in [0.1, 0.15) is 12.9 Å². The summed E-state index contributed by atoms with van der Waals surface area (Å²) < 4.78 is 14.7. The van der Waals surface area contributed by atoms with E-state index >= 15 is 0 Å². The lowest BCUT2D eigenvalue weighted by molar-refractivity contribution is -0.144. The monoisotopic (exact) mass is 252 g/mol. The fraction of sp³-hybridized carbons (Fsp3) is 0.308. The summed E-state index contributed by atoms with van der Waals surface area (Å²) in [6, 6.07) is 9.68. The highest BCUT2D eigenvalue weighted by molar-refractivity contribution is 5.85. The Balaban J connectivity index is 2.14. The Morgan fingerprint density at radius 3 is 2.61 bits per heavy atom. The molecular formula is C13H16O5. The number of hydrogen-bond acceptors (Lipinski definition) is 5. The molecule has 1 N–H and O–H groups in total. The summed E-state index contributed by atoms with van der Waals surface area (Å²) >= 11 is 0. The Hall–Kier alpha value is -2.01. The van der Waals surface area contributed by atoms with E-state index in [9.17, 15) is 4.79 Å². The minimum absolute atomic E-state index is 0.104. The molecule has 0 fully saturated rings. The predicted octanol–water partition coefficient (Wildman–Crippen LogP) is 1.79. The first-order valence-corrected chi connectivity index (χ1v) is 5.45. The van der Waals surface area contributed by atoms with Gasteiger partial charge < -0.3 is 19.3 Å². The molecule has 0 bridgehead atoms. The number of hydrogen-bond donors (Lipinski definition) is 1. The van der Waals surface area contributed by atoms with Gasteiger partial charge in [0.15, 0.2) is 0 Å². The minimum atomic E-state index is -0.719. The lowest BCUT2D eigenvalue weighted by Crippen LogP contribution is -2.13. The molecule has 18 heavy (non-hydrogen) atoms.